The van der Waals surface area contributed by atoms with Crippen molar-refractivity contribution in [2.24, 2.45) is 28.6 Å². The van der Waals surface area contributed by atoms with E-state index in [9.17, 15) is 0 Å². The van der Waals surface area contributed by atoms with Gasteiger partial charge in [0.25, 0.3) is 0 Å². The van der Waals surface area contributed by atoms with E-state index in [1.807, 2.05) is 0 Å². The third kappa shape index (κ3) is 7.00. The van der Waals surface area contributed by atoms with Gasteiger partial charge in [0, 0.05) is 11.5 Å². The summed E-state index contributed by atoms with van der Waals surface area (Å²) in [7, 11) is -6.97. The van der Waals surface area contributed by atoms with E-state index >= 15 is 0 Å². The predicted molar refractivity (Wildman–Crippen MR) is 175 cm³/mol. The van der Waals surface area contributed by atoms with Crippen molar-refractivity contribution in [3.63, 3.8) is 0 Å². The Balaban J connectivity index is 1.74. The highest BCUT2D eigenvalue weighted by Crippen LogP contribution is 2.66. The Bertz CT molecular complexity index is 927. The minimum absolute atomic E-state index is 0.0444. The van der Waals surface area contributed by atoms with E-state index in [0.717, 1.165) is 6.42 Å². The normalized spacial score (nSPS) is 41.5. The van der Waals surface area contributed by atoms with Crippen LogP contribution in [0.1, 0.15) is 52.4 Å². The summed E-state index contributed by atoms with van der Waals surface area (Å²) in [5.41, 5.74) is 2.09. The Hall–Kier alpha value is 0.448. The molecular weight excluding hydrogens is 549 g/mol. The van der Waals surface area contributed by atoms with Gasteiger partial charge in [0.05, 0.1) is 18.3 Å². The van der Waals surface area contributed by atoms with E-state index in [1.54, 1.807) is 5.57 Å². The van der Waals surface area contributed by atoms with Crippen LogP contribution in [-0.4, -0.2) is 57.7 Å². The van der Waals surface area contributed by atoms with Crippen LogP contribution in [-0.2, 0) is 17.7 Å². The average molecular weight is 611 g/mol. The van der Waals surface area contributed by atoms with E-state index in [1.165, 1.54) is 32.1 Å². The van der Waals surface area contributed by atoms with Crippen LogP contribution >= 0.6 is 0 Å². The van der Waals surface area contributed by atoms with Crippen molar-refractivity contribution in [1.82, 2.24) is 0 Å². The molecule has 0 heterocycles. The average Bonchev–Trinajstić information content (AvgIpc) is 2.91. The van der Waals surface area contributed by atoms with Gasteiger partial charge in [-0.1, -0.05) is 25.5 Å². The van der Waals surface area contributed by atoms with Crippen LogP contribution in [0.2, 0.25) is 78.6 Å². The van der Waals surface area contributed by atoms with Crippen molar-refractivity contribution in [1.29, 1.82) is 0 Å². The molecule has 3 fully saturated rings. The van der Waals surface area contributed by atoms with Gasteiger partial charge in [-0.05, 0) is 140 Å². The fraction of sp³-hybridized carbons (Fsp3) is 0.935. The molecule has 0 bridgehead atoms. The number of fused-ring (bicyclic) bond motifs is 5. The first kappa shape index (κ1) is 32.4. The lowest BCUT2D eigenvalue weighted by Gasteiger charge is -2.59. The molecule has 39 heavy (non-hydrogen) atoms. The molecule has 0 N–H and O–H groups in total. The first-order valence-electron chi connectivity index (χ1n) is 15.9. The molecule has 0 radical (unpaired) electrons. The molecule has 4 aliphatic rings. The lowest BCUT2D eigenvalue weighted by Crippen LogP contribution is -2.54. The Morgan fingerprint density at radius 1 is 0.667 bits per heavy atom. The minimum Gasteiger partial charge on any atom is -0.414 e. The van der Waals surface area contributed by atoms with Crippen molar-refractivity contribution < 1.29 is 17.7 Å². The number of hydrogen-bond acceptors (Lipinski definition) is 4. The first-order valence-corrected chi connectivity index (χ1v) is 29.6. The van der Waals surface area contributed by atoms with Gasteiger partial charge >= 0.3 is 0 Å². The third-order valence-corrected chi connectivity index (χ3v) is 13.9. The van der Waals surface area contributed by atoms with Crippen molar-refractivity contribution in [2.45, 2.75) is 155 Å². The summed E-state index contributed by atoms with van der Waals surface area (Å²) in [5.74, 6) is 1.84. The van der Waals surface area contributed by atoms with Crippen LogP contribution in [0.5, 0.6) is 0 Å². The van der Waals surface area contributed by atoms with E-state index in [-0.39, 0.29) is 23.7 Å². The molecule has 0 saturated heterocycles. The topological polar surface area (TPSA) is 36.9 Å². The van der Waals surface area contributed by atoms with Crippen molar-refractivity contribution >= 4 is 33.3 Å². The Kier molecular flexibility index (Phi) is 8.76. The predicted octanol–water partition coefficient (Wildman–Crippen LogP) is 9.05. The summed E-state index contributed by atoms with van der Waals surface area (Å²) in [4.78, 5) is 0. The zero-order valence-electron chi connectivity index (χ0n) is 28.0. The van der Waals surface area contributed by atoms with Crippen LogP contribution in [0, 0.1) is 28.6 Å². The molecule has 0 aromatic rings. The lowest BCUT2D eigenvalue weighted by atomic mass is 9.47. The standard InChI is InChI=1S/C31H62O4Si4/c1-30-19-17-23(32-36(3,4)5)21-22(30)15-16-24-25(30)18-20-31(2)26(24)27(33-37(6,7)8)28(34-38(9,10)11)29(31)35-39(12,13)14/h15,23-29H,16-21H2,1-14H3/t23-,24?,25?,26?,27-,28-,29-,30-,31-/m0/s1. The third-order valence-electron chi connectivity index (χ3n) is 9.96. The second kappa shape index (κ2) is 10.6. The van der Waals surface area contributed by atoms with Crippen LogP contribution in [0.3, 0.4) is 0 Å². The van der Waals surface area contributed by atoms with Gasteiger partial charge in [0.15, 0.2) is 33.3 Å². The van der Waals surface area contributed by atoms with Crippen LogP contribution in [0.15, 0.2) is 11.6 Å². The van der Waals surface area contributed by atoms with Gasteiger partial charge in [-0.3, -0.25) is 0 Å². The summed E-state index contributed by atoms with van der Waals surface area (Å²) >= 11 is 0. The zero-order chi connectivity index (χ0) is 29.4. The summed E-state index contributed by atoms with van der Waals surface area (Å²) < 4.78 is 28.2. The minimum atomic E-state index is -1.82. The molecule has 8 heteroatoms. The molecule has 0 aromatic carbocycles. The van der Waals surface area contributed by atoms with E-state index in [2.05, 4.69) is 98.5 Å². The van der Waals surface area contributed by atoms with E-state index < -0.39 is 33.3 Å². The highest BCUT2D eigenvalue weighted by Gasteiger charge is 2.67. The number of rotatable bonds is 8. The van der Waals surface area contributed by atoms with Gasteiger partial charge < -0.3 is 17.7 Å². The van der Waals surface area contributed by atoms with Crippen LogP contribution in [0.4, 0.5) is 0 Å². The fourth-order valence-electron chi connectivity index (χ4n) is 8.88. The van der Waals surface area contributed by atoms with E-state index in [0.29, 0.717) is 29.3 Å². The first-order chi connectivity index (χ1) is 17.5. The Morgan fingerprint density at radius 3 is 1.74 bits per heavy atom. The smallest absolute Gasteiger partial charge is 0.184 e. The van der Waals surface area contributed by atoms with Gasteiger partial charge in [-0.2, -0.15) is 0 Å². The van der Waals surface area contributed by atoms with Gasteiger partial charge in [-0.15, -0.1) is 0 Å². The number of hydrogen-bond donors (Lipinski definition) is 0. The maximum Gasteiger partial charge on any atom is 0.184 e. The molecule has 4 rings (SSSR count). The van der Waals surface area contributed by atoms with Crippen LogP contribution in [0.25, 0.3) is 0 Å². The Morgan fingerprint density at radius 2 is 1.21 bits per heavy atom. The SMILES string of the molecule is C[C@]12CC[C@H](O[Si](C)(C)C)CC1=CCC1C2CC[C@@]2(C)C1[C@H](O[Si](C)(C)C)[C@H](O[Si](C)(C)C)[C@@H]2O[Si](C)(C)C. The fourth-order valence-corrected chi connectivity index (χ4v) is 13.4. The maximum absolute atomic E-state index is 7.26. The highest BCUT2D eigenvalue weighted by atomic mass is 28.4. The molecule has 0 aromatic heterocycles. The van der Waals surface area contributed by atoms with E-state index in [4.69, 9.17) is 17.7 Å². The molecule has 9 atom stereocenters. The van der Waals surface area contributed by atoms with Crippen LogP contribution < -0.4 is 0 Å². The number of allylic oxidation sites excluding steroid dienone is 1. The van der Waals surface area contributed by atoms with Crippen molar-refractivity contribution in [3.05, 3.63) is 11.6 Å². The van der Waals surface area contributed by atoms with Crippen molar-refractivity contribution in [2.75, 3.05) is 0 Å². The zero-order valence-corrected chi connectivity index (χ0v) is 32.0. The molecular formula is C31H62O4Si4. The molecule has 0 aliphatic heterocycles. The van der Waals surface area contributed by atoms with Gasteiger partial charge in [-0.25, -0.2) is 0 Å². The second-order valence-corrected chi connectivity index (χ2v) is 35.7. The maximum atomic E-state index is 7.26. The second-order valence-electron chi connectivity index (χ2n) is 17.9. The molecule has 0 amide bonds. The summed E-state index contributed by atoms with van der Waals surface area (Å²) in [6.45, 7) is 33.4. The molecule has 4 nitrogen and oxygen atoms in total. The molecule has 3 saturated carbocycles. The summed E-state index contributed by atoms with van der Waals surface area (Å²) in [6, 6.07) is 0. The molecule has 3 unspecified atom stereocenters. The Labute approximate surface area is 245 Å². The molecule has 0 spiro atoms. The highest BCUT2D eigenvalue weighted by molar-refractivity contribution is 6.71. The lowest BCUT2D eigenvalue weighted by molar-refractivity contribution is -0.0841. The molecule has 4 aliphatic carbocycles. The quantitative estimate of drug-likeness (QED) is 0.203. The largest absolute Gasteiger partial charge is 0.414 e. The summed E-state index contributed by atoms with van der Waals surface area (Å²) in [6.07, 6.45) is 10.7. The van der Waals surface area contributed by atoms with Gasteiger partial charge in [0.2, 0.25) is 0 Å². The monoisotopic (exact) mass is 610 g/mol. The van der Waals surface area contributed by atoms with Gasteiger partial charge in [0.1, 0.15) is 0 Å². The molecule has 226 valence electrons. The van der Waals surface area contributed by atoms with Crippen molar-refractivity contribution in [3.8, 4) is 0 Å². The summed E-state index contributed by atoms with van der Waals surface area (Å²) in [5, 5.41) is 0.